The van der Waals surface area contributed by atoms with E-state index in [1.54, 1.807) is 37.8 Å². The fourth-order valence-corrected chi connectivity index (χ4v) is 8.41. The van der Waals surface area contributed by atoms with Crippen LogP contribution >= 0.6 is 0 Å². The number of carboxylic acid groups (broad SMARTS) is 1. The molecule has 2 aliphatic heterocycles. The van der Waals surface area contributed by atoms with E-state index in [9.17, 15) is 24.3 Å². The van der Waals surface area contributed by atoms with E-state index in [4.69, 9.17) is 4.74 Å². The lowest BCUT2D eigenvalue weighted by Gasteiger charge is -2.52. The number of carboxylic acids is 1. The van der Waals surface area contributed by atoms with Crippen LogP contribution < -0.4 is 5.32 Å². The van der Waals surface area contributed by atoms with Crippen molar-refractivity contribution in [2.24, 2.45) is 16.2 Å². The van der Waals surface area contributed by atoms with Crippen molar-refractivity contribution in [2.45, 2.75) is 98.6 Å². The predicted octanol–water partition coefficient (Wildman–Crippen LogP) is 7.47. The average Bonchev–Trinajstić information content (AvgIpc) is 3.05. The number of ether oxygens (including phenoxy) is 1. The van der Waals surface area contributed by atoms with Gasteiger partial charge in [0.25, 0.3) is 0 Å². The molecule has 0 saturated carbocycles. The lowest BCUT2D eigenvalue weighted by Crippen LogP contribution is -2.60. The number of hydrogen-bond acceptors (Lipinski definition) is 5. The van der Waals surface area contributed by atoms with Crippen molar-refractivity contribution >= 4 is 29.5 Å². The van der Waals surface area contributed by atoms with Crippen molar-refractivity contribution in [3.8, 4) is 0 Å². The van der Waals surface area contributed by atoms with Crippen molar-refractivity contribution < 1.29 is 29.0 Å². The molecule has 2 aromatic carbocycles. The third-order valence-corrected chi connectivity index (χ3v) is 11.0. The first-order chi connectivity index (χ1) is 23.7. The maximum absolute atomic E-state index is 14.9. The van der Waals surface area contributed by atoms with Gasteiger partial charge in [-0.3, -0.25) is 9.59 Å². The molecule has 3 amide bonds. The Hall–Kier alpha value is -4.40. The minimum atomic E-state index is -0.944. The number of nitrogens with zero attached hydrogens (tertiary/aromatic N) is 2. The number of nitrogens with one attached hydrogen (secondary N) is 1. The van der Waals surface area contributed by atoms with Crippen LogP contribution in [0.4, 0.5) is 4.79 Å². The SMILES string of the molecule is CC(C)(C)OC(=O)N[C@H](C(=O)N1CCC(C(=O)N2CC=C3C(C)(C)C(c4ccc(C(=O)O)cc4)=CC[C@]3(C)C2)(c2ccccc2)CC1)C(C)(C)C. The summed E-state index contributed by atoms with van der Waals surface area (Å²) in [7, 11) is 0. The van der Waals surface area contributed by atoms with Crippen LogP contribution in [0.15, 0.2) is 72.3 Å². The predicted molar refractivity (Wildman–Crippen MR) is 199 cm³/mol. The highest BCUT2D eigenvalue weighted by Crippen LogP contribution is 2.55. The Morgan fingerprint density at radius 2 is 1.45 bits per heavy atom. The molecule has 0 spiro atoms. The highest BCUT2D eigenvalue weighted by Gasteiger charge is 2.51. The summed E-state index contributed by atoms with van der Waals surface area (Å²) in [5.74, 6) is -1.04. The van der Waals surface area contributed by atoms with Crippen LogP contribution in [0, 0.1) is 16.2 Å². The van der Waals surface area contributed by atoms with Gasteiger partial charge in [0.15, 0.2) is 0 Å². The Balaban J connectivity index is 1.37. The van der Waals surface area contributed by atoms with Crippen molar-refractivity contribution in [3.63, 3.8) is 0 Å². The third-order valence-electron chi connectivity index (χ3n) is 11.0. The van der Waals surface area contributed by atoms with E-state index >= 15 is 0 Å². The van der Waals surface area contributed by atoms with Crippen LogP contribution in [-0.4, -0.2) is 76.6 Å². The molecule has 0 bridgehead atoms. The molecule has 0 radical (unpaired) electrons. The second-order valence-corrected chi connectivity index (χ2v) is 17.4. The lowest BCUT2D eigenvalue weighted by molar-refractivity contribution is -0.145. The van der Waals surface area contributed by atoms with E-state index < -0.39 is 34.5 Å². The zero-order valence-corrected chi connectivity index (χ0v) is 31.8. The number of carbonyl (C=O) groups excluding carboxylic acids is 3. The molecule has 5 rings (SSSR count). The Kier molecular flexibility index (Phi) is 10.1. The molecule has 51 heavy (non-hydrogen) atoms. The smallest absolute Gasteiger partial charge is 0.408 e. The molecule has 0 unspecified atom stereocenters. The molecule has 1 aliphatic carbocycles. The van der Waals surface area contributed by atoms with E-state index in [0.717, 1.165) is 23.1 Å². The highest BCUT2D eigenvalue weighted by molar-refractivity contribution is 5.91. The lowest BCUT2D eigenvalue weighted by atomic mass is 9.58. The Morgan fingerprint density at radius 1 is 0.843 bits per heavy atom. The van der Waals surface area contributed by atoms with Crippen molar-refractivity contribution in [3.05, 3.63) is 89.0 Å². The summed E-state index contributed by atoms with van der Waals surface area (Å²) in [6.07, 6.45) is 5.55. The maximum atomic E-state index is 14.9. The summed E-state index contributed by atoms with van der Waals surface area (Å²) in [6, 6.07) is 16.2. The summed E-state index contributed by atoms with van der Waals surface area (Å²) in [5.41, 5.74) is 2.03. The van der Waals surface area contributed by atoms with Crippen LogP contribution in [0.3, 0.4) is 0 Å². The van der Waals surface area contributed by atoms with Gasteiger partial charge in [-0.2, -0.15) is 0 Å². The van der Waals surface area contributed by atoms with Crippen molar-refractivity contribution in [1.82, 2.24) is 15.1 Å². The van der Waals surface area contributed by atoms with Crippen molar-refractivity contribution in [1.29, 1.82) is 0 Å². The quantitative estimate of drug-likeness (QED) is 0.303. The topological polar surface area (TPSA) is 116 Å². The van der Waals surface area contributed by atoms with Crippen LogP contribution in [0.25, 0.3) is 5.57 Å². The van der Waals surface area contributed by atoms with E-state index in [-0.39, 0.29) is 28.2 Å². The Labute approximate surface area is 303 Å². The summed E-state index contributed by atoms with van der Waals surface area (Å²) < 4.78 is 5.49. The summed E-state index contributed by atoms with van der Waals surface area (Å²) in [5, 5.41) is 12.2. The number of hydrogen-bond donors (Lipinski definition) is 2. The molecule has 2 atom stereocenters. The molecule has 1 saturated heterocycles. The largest absolute Gasteiger partial charge is 0.478 e. The molecular formula is C42H55N3O6. The normalized spacial score (nSPS) is 22.1. The molecule has 3 aliphatic rings. The van der Waals surface area contributed by atoms with Gasteiger partial charge in [0.05, 0.1) is 11.0 Å². The molecule has 274 valence electrons. The van der Waals surface area contributed by atoms with Gasteiger partial charge in [-0.15, -0.1) is 0 Å². The number of amides is 3. The number of carbonyl (C=O) groups is 4. The van der Waals surface area contributed by atoms with Gasteiger partial charge < -0.3 is 25.0 Å². The number of benzene rings is 2. The number of allylic oxidation sites excluding steroid dienone is 2. The molecule has 1 fully saturated rings. The average molecular weight is 698 g/mol. The van der Waals surface area contributed by atoms with Crippen molar-refractivity contribution in [2.75, 3.05) is 26.2 Å². The van der Waals surface area contributed by atoms with E-state index in [2.05, 4.69) is 38.2 Å². The summed E-state index contributed by atoms with van der Waals surface area (Å²) >= 11 is 0. The van der Waals surface area contributed by atoms with Gasteiger partial charge in [-0.1, -0.05) is 102 Å². The monoisotopic (exact) mass is 697 g/mol. The van der Waals surface area contributed by atoms with Crippen LogP contribution in [0.1, 0.15) is 103 Å². The molecule has 2 heterocycles. The van der Waals surface area contributed by atoms with Gasteiger partial charge in [0.2, 0.25) is 11.8 Å². The highest BCUT2D eigenvalue weighted by atomic mass is 16.6. The number of rotatable bonds is 6. The van der Waals surface area contributed by atoms with E-state index in [1.807, 2.05) is 68.1 Å². The number of piperidine rings is 1. The van der Waals surface area contributed by atoms with Gasteiger partial charge in [0, 0.05) is 37.0 Å². The molecular weight excluding hydrogens is 642 g/mol. The third kappa shape index (κ3) is 7.63. The van der Waals surface area contributed by atoms with E-state index in [0.29, 0.717) is 39.0 Å². The number of fused-ring (bicyclic) bond motifs is 1. The summed E-state index contributed by atoms with van der Waals surface area (Å²) in [6.45, 7) is 19.6. The Bertz CT molecular complexity index is 1720. The fourth-order valence-electron chi connectivity index (χ4n) is 8.41. The minimum absolute atomic E-state index is 0.0772. The molecule has 9 nitrogen and oxygen atoms in total. The number of alkyl carbamates (subject to hydrolysis) is 1. The van der Waals surface area contributed by atoms with Gasteiger partial charge in [-0.25, -0.2) is 9.59 Å². The molecule has 2 aromatic rings. The zero-order chi connectivity index (χ0) is 37.6. The van der Waals surface area contributed by atoms with Gasteiger partial charge in [0.1, 0.15) is 11.6 Å². The molecule has 2 N–H and O–H groups in total. The standard InChI is InChI=1S/C42H55N3O6/c1-38(2,3)33(43-37(50)51-39(4,5)6)34(46)44-25-22-42(23-26-44,30-13-11-10-12-14-30)36(49)45-24-20-32-40(7,8)31(19-21-41(32,9)27-45)28-15-17-29(18-16-28)35(47)48/h10-20,33H,21-27H2,1-9H3,(H,43,50)(H,47,48)/t33-,41-/m1/s1. The second-order valence-electron chi connectivity index (χ2n) is 17.4. The first-order valence-corrected chi connectivity index (χ1v) is 18.1. The minimum Gasteiger partial charge on any atom is -0.478 e. The Morgan fingerprint density at radius 3 is 2.00 bits per heavy atom. The molecule has 9 heteroatoms. The van der Waals surface area contributed by atoms with Gasteiger partial charge >= 0.3 is 12.1 Å². The van der Waals surface area contributed by atoms with E-state index in [1.165, 1.54) is 5.57 Å². The summed E-state index contributed by atoms with van der Waals surface area (Å²) in [4.78, 5) is 57.0. The number of aromatic carboxylic acids is 1. The number of likely N-dealkylation sites (tertiary alicyclic amines) is 1. The van der Waals surface area contributed by atoms with Crippen LogP contribution in [0.5, 0.6) is 0 Å². The molecule has 0 aromatic heterocycles. The van der Waals surface area contributed by atoms with Crippen LogP contribution in [-0.2, 0) is 19.7 Å². The van der Waals surface area contributed by atoms with Gasteiger partial charge in [-0.05, 0) is 74.3 Å². The van der Waals surface area contributed by atoms with Crippen LogP contribution in [0.2, 0.25) is 0 Å². The fraction of sp³-hybridized carbons (Fsp3) is 0.524. The first kappa shape index (κ1) is 37.8. The maximum Gasteiger partial charge on any atom is 0.408 e. The first-order valence-electron chi connectivity index (χ1n) is 18.1. The zero-order valence-electron chi connectivity index (χ0n) is 31.8. The second kappa shape index (κ2) is 13.6.